The number of nitrogens with zero attached hydrogens (tertiary/aromatic N) is 3. The standard InChI is InChI=1S/C31H43N3O7/c1-22(2)18-25(33(6)30(37)41-31(3,4)5)28(35)40-26(29(36)39-21-23-10-8-7-9-11-23)19-24-12-13-27(32-20-24)34-14-16-38-17-15-34/h7-13,20,22,25-26H,14-19,21H2,1-6H3/t25-,26?/m0/s1. The molecule has 0 saturated carbocycles. The van der Waals surface area contributed by atoms with Crippen LogP contribution >= 0.6 is 0 Å². The van der Waals surface area contributed by atoms with E-state index in [0.29, 0.717) is 25.2 Å². The SMILES string of the molecule is CC(C)C[C@@H](C(=O)OC(Cc1ccc(N2CCOCC2)nc1)C(=O)OCc1ccccc1)N(C)C(=O)OC(C)(C)C. The highest BCUT2D eigenvalue weighted by molar-refractivity contribution is 5.84. The first kappa shape index (κ1) is 31.9. The molecule has 0 aliphatic carbocycles. The van der Waals surface area contributed by atoms with Crippen molar-refractivity contribution in [3.8, 4) is 0 Å². The second-order valence-corrected chi connectivity index (χ2v) is 11.6. The highest BCUT2D eigenvalue weighted by Crippen LogP contribution is 2.20. The number of anilines is 1. The Bertz CT molecular complexity index is 1130. The van der Waals surface area contributed by atoms with E-state index in [1.165, 1.54) is 11.9 Å². The highest BCUT2D eigenvalue weighted by Gasteiger charge is 2.35. The molecule has 1 aromatic carbocycles. The zero-order valence-corrected chi connectivity index (χ0v) is 25.0. The Hall–Kier alpha value is -3.66. The number of hydrogen-bond acceptors (Lipinski definition) is 9. The van der Waals surface area contributed by atoms with Gasteiger partial charge < -0.3 is 23.8 Å². The van der Waals surface area contributed by atoms with Crippen LogP contribution in [0.3, 0.4) is 0 Å². The number of pyridine rings is 1. The van der Waals surface area contributed by atoms with Crippen LogP contribution in [0.15, 0.2) is 48.7 Å². The molecule has 0 radical (unpaired) electrons. The third-order valence-corrected chi connectivity index (χ3v) is 6.43. The normalized spacial score (nSPS) is 15.1. The summed E-state index contributed by atoms with van der Waals surface area (Å²) in [6.45, 7) is 12.0. The first-order chi connectivity index (χ1) is 19.4. The van der Waals surface area contributed by atoms with Crippen LogP contribution in [0.5, 0.6) is 0 Å². The average molecular weight is 570 g/mol. The van der Waals surface area contributed by atoms with Gasteiger partial charge in [0.15, 0.2) is 0 Å². The van der Waals surface area contributed by atoms with Gasteiger partial charge in [-0.05, 0) is 50.3 Å². The molecule has 0 spiro atoms. The number of likely N-dealkylation sites (N-methyl/N-ethyl adjacent to an activating group) is 1. The lowest BCUT2D eigenvalue weighted by Gasteiger charge is -2.31. The molecule has 0 bridgehead atoms. The second-order valence-electron chi connectivity index (χ2n) is 11.6. The van der Waals surface area contributed by atoms with Gasteiger partial charge in [0.25, 0.3) is 0 Å². The van der Waals surface area contributed by atoms with E-state index in [0.717, 1.165) is 24.5 Å². The van der Waals surface area contributed by atoms with Gasteiger partial charge >= 0.3 is 18.0 Å². The summed E-state index contributed by atoms with van der Waals surface area (Å²) in [7, 11) is 1.50. The molecule has 10 nitrogen and oxygen atoms in total. The smallest absolute Gasteiger partial charge is 0.410 e. The predicted molar refractivity (Wildman–Crippen MR) is 154 cm³/mol. The number of morpholine rings is 1. The average Bonchev–Trinajstić information content (AvgIpc) is 2.94. The fraction of sp³-hybridized carbons (Fsp3) is 0.548. The van der Waals surface area contributed by atoms with Crippen molar-refractivity contribution in [3.05, 3.63) is 59.8 Å². The largest absolute Gasteiger partial charge is 0.458 e. The molecule has 1 saturated heterocycles. The van der Waals surface area contributed by atoms with Crippen LogP contribution in [0.4, 0.5) is 10.6 Å². The number of benzene rings is 1. The Morgan fingerprint density at radius 3 is 2.27 bits per heavy atom. The Morgan fingerprint density at radius 2 is 1.68 bits per heavy atom. The first-order valence-electron chi connectivity index (χ1n) is 14.1. The molecule has 224 valence electrons. The van der Waals surface area contributed by atoms with Gasteiger partial charge in [-0.2, -0.15) is 0 Å². The Balaban J connectivity index is 1.78. The van der Waals surface area contributed by atoms with Crippen molar-refractivity contribution in [1.29, 1.82) is 0 Å². The summed E-state index contributed by atoms with van der Waals surface area (Å²) in [6.07, 6.45) is 0.195. The van der Waals surface area contributed by atoms with Crippen molar-refractivity contribution in [3.63, 3.8) is 0 Å². The molecular weight excluding hydrogens is 526 g/mol. The molecule has 0 N–H and O–H groups in total. The number of aromatic nitrogens is 1. The molecule has 1 unspecified atom stereocenters. The molecule has 2 heterocycles. The molecule has 2 atom stereocenters. The number of carbonyl (C=O) groups is 3. The molecule has 3 rings (SSSR count). The van der Waals surface area contributed by atoms with E-state index < -0.39 is 35.8 Å². The molecule has 10 heteroatoms. The minimum atomic E-state index is -1.23. The molecule has 1 aliphatic rings. The van der Waals surface area contributed by atoms with E-state index in [2.05, 4.69) is 9.88 Å². The maximum absolute atomic E-state index is 13.5. The Morgan fingerprint density at radius 1 is 1.00 bits per heavy atom. The van der Waals surface area contributed by atoms with E-state index >= 15 is 0 Å². The molecule has 1 aliphatic heterocycles. The number of esters is 2. The molecule has 41 heavy (non-hydrogen) atoms. The van der Waals surface area contributed by atoms with Crippen LogP contribution in [-0.2, 0) is 41.6 Å². The van der Waals surface area contributed by atoms with Crippen LogP contribution in [0, 0.1) is 5.92 Å². The van der Waals surface area contributed by atoms with Crippen molar-refractivity contribution in [1.82, 2.24) is 9.88 Å². The summed E-state index contributed by atoms with van der Waals surface area (Å²) >= 11 is 0. The lowest BCUT2D eigenvalue weighted by molar-refractivity contribution is -0.171. The molecule has 1 amide bonds. The maximum atomic E-state index is 13.5. The van der Waals surface area contributed by atoms with Crippen LogP contribution < -0.4 is 4.90 Å². The van der Waals surface area contributed by atoms with Gasteiger partial charge in [-0.15, -0.1) is 0 Å². The third-order valence-electron chi connectivity index (χ3n) is 6.43. The minimum Gasteiger partial charge on any atom is -0.458 e. The number of rotatable bonds is 11. The predicted octanol–water partition coefficient (Wildman–Crippen LogP) is 4.40. The monoisotopic (exact) mass is 569 g/mol. The number of amides is 1. The molecule has 2 aromatic rings. The Kier molecular flexibility index (Phi) is 11.5. The number of hydrogen-bond donors (Lipinski definition) is 0. The third kappa shape index (κ3) is 10.4. The summed E-state index contributed by atoms with van der Waals surface area (Å²) in [5.74, 6) is -0.500. The van der Waals surface area contributed by atoms with E-state index in [9.17, 15) is 14.4 Å². The van der Waals surface area contributed by atoms with E-state index in [4.69, 9.17) is 18.9 Å². The Labute approximate surface area is 242 Å². The minimum absolute atomic E-state index is 0.0369. The summed E-state index contributed by atoms with van der Waals surface area (Å²) in [5, 5.41) is 0. The fourth-order valence-corrected chi connectivity index (χ4v) is 4.26. The summed E-state index contributed by atoms with van der Waals surface area (Å²) in [4.78, 5) is 47.5. The van der Waals surface area contributed by atoms with Crippen molar-refractivity contribution < 1.29 is 33.3 Å². The van der Waals surface area contributed by atoms with Crippen molar-refractivity contribution >= 4 is 23.8 Å². The highest BCUT2D eigenvalue weighted by atomic mass is 16.6. The van der Waals surface area contributed by atoms with E-state index in [-0.39, 0.29) is 18.9 Å². The molecule has 1 aromatic heterocycles. The van der Waals surface area contributed by atoms with Gasteiger partial charge in [-0.25, -0.2) is 19.4 Å². The topological polar surface area (TPSA) is 107 Å². The van der Waals surface area contributed by atoms with Crippen molar-refractivity contribution in [2.75, 3.05) is 38.3 Å². The summed E-state index contributed by atoms with van der Waals surface area (Å²) in [5.41, 5.74) is 0.782. The van der Waals surface area contributed by atoms with Gasteiger partial charge in [0.05, 0.1) is 13.2 Å². The summed E-state index contributed by atoms with van der Waals surface area (Å²) < 4.78 is 22.2. The van der Waals surface area contributed by atoms with Crippen molar-refractivity contribution in [2.24, 2.45) is 5.92 Å². The van der Waals surface area contributed by atoms with Crippen LogP contribution in [0.2, 0.25) is 0 Å². The van der Waals surface area contributed by atoms with E-state index in [1.807, 2.05) is 56.3 Å². The van der Waals surface area contributed by atoms with E-state index in [1.54, 1.807) is 27.0 Å². The summed E-state index contributed by atoms with van der Waals surface area (Å²) in [6, 6.07) is 12.1. The maximum Gasteiger partial charge on any atom is 0.410 e. The fourth-order valence-electron chi connectivity index (χ4n) is 4.26. The van der Waals surface area contributed by atoms with Gasteiger partial charge in [0.1, 0.15) is 24.1 Å². The number of ether oxygens (including phenoxy) is 4. The van der Waals surface area contributed by atoms with Gasteiger partial charge in [0.2, 0.25) is 6.10 Å². The second kappa shape index (κ2) is 14.8. The van der Waals surface area contributed by atoms with Gasteiger partial charge in [0, 0.05) is 32.8 Å². The zero-order chi connectivity index (χ0) is 30.0. The van der Waals surface area contributed by atoms with Crippen LogP contribution in [0.25, 0.3) is 0 Å². The molecular formula is C31H43N3O7. The van der Waals surface area contributed by atoms with Crippen LogP contribution in [0.1, 0.15) is 52.2 Å². The van der Waals surface area contributed by atoms with Gasteiger partial charge in [-0.3, -0.25) is 4.90 Å². The van der Waals surface area contributed by atoms with Crippen molar-refractivity contribution in [2.45, 2.75) is 71.8 Å². The first-order valence-corrected chi connectivity index (χ1v) is 14.1. The lowest BCUT2D eigenvalue weighted by atomic mass is 10.0. The zero-order valence-electron chi connectivity index (χ0n) is 25.0. The van der Waals surface area contributed by atoms with Crippen LogP contribution in [-0.4, -0.2) is 79.0 Å². The van der Waals surface area contributed by atoms with Gasteiger partial charge in [-0.1, -0.05) is 50.2 Å². The number of carbonyl (C=O) groups excluding carboxylic acids is 3. The quantitative estimate of drug-likeness (QED) is 0.287. The lowest BCUT2D eigenvalue weighted by Crippen LogP contribution is -2.47. The molecule has 1 fully saturated rings.